The molecule has 110 valence electrons. The molecule has 1 saturated heterocycles. The van der Waals surface area contributed by atoms with E-state index in [1.165, 1.54) is 6.42 Å². The van der Waals surface area contributed by atoms with Crippen LogP contribution in [0.4, 0.5) is 0 Å². The van der Waals surface area contributed by atoms with Crippen molar-refractivity contribution in [2.45, 2.75) is 58.5 Å². The van der Waals surface area contributed by atoms with Crippen molar-refractivity contribution in [1.82, 2.24) is 5.32 Å². The molecule has 1 aliphatic heterocycles. The van der Waals surface area contributed by atoms with Crippen LogP contribution in [0.5, 0.6) is 0 Å². The monoisotopic (exact) mass is 269 g/mol. The molecule has 0 bridgehead atoms. The third kappa shape index (κ3) is 3.11. The zero-order valence-electron chi connectivity index (χ0n) is 12.3. The lowest BCUT2D eigenvalue weighted by molar-refractivity contribution is -0.150. The summed E-state index contributed by atoms with van der Waals surface area (Å²) >= 11 is 0. The van der Waals surface area contributed by atoms with Crippen LogP contribution in [0.2, 0.25) is 0 Å². The van der Waals surface area contributed by atoms with Crippen LogP contribution < -0.4 is 5.32 Å². The summed E-state index contributed by atoms with van der Waals surface area (Å²) in [5.74, 6) is -0.497. The molecular weight excluding hydrogens is 242 g/mol. The average Bonchev–Trinajstić information content (AvgIpc) is 2.36. The summed E-state index contributed by atoms with van der Waals surface area (Å²) < 4.78 is 5.51. The van der Waals surface area contributed by atoms with Crippen molar-refractivity contribution in [3.05, 3.63) is 0 Å². The Balaban J connectivity index is 1.98. The highest BCUT2D eigenvalue weighted by Crippen LogP contribution is 2.45. The highest BCUT2D eigenvalue weighted by Gasteiger charge is 2.46. The second-order valence-corrected chi connectivity index (χ2v) is 6.77. The van der Waals surface area contributed by atoms with E-state index in [0.717, 1.165) is 32.5 Å². The molecule has 1 saturated carbocycles. The number of rotatable bonds is 3. The lowest BCUT2D eigenvalue weighted by atomic mass is 9.61. The molecule has 1 aliphatic carbocycles. The predicted molar refractivity (Wildman–Crippen MR) is 74.1 cm³/mol. The van der Waals surface area contributed by atoms with Gasteiger partial charge in [-0.25, -0.2) is 0 Å². The molecule has 0 spiro atoms. The molecule has 1 heterocycles. The molecule has 2 fully saturated rings. The number of ether oxygens (including phenoxy) is 1. The van der Waals surface area contributed by atoms with Crippen LogP contribution in [0.25, 0.3) is 0 Å². The lowest BCUT2D eigenvalue weighted by Gasteiger charge is -2.47. The summed E-state index contributed by atoms with van der Waals surface area (Å²) in [4.78, 5) is 11.4. The molecule has 19 heavy (non-hydrogen) atoms. The molecule has 0 radical (unpaired) electrons. The van der Waals surface area contributed by atoms with Crippen molar-refractivity contribution in [2.75, 3.05) is 13.2 Å². The van der Waals surface area contributed by atoms with Crippen molar-refractivity contribution in [3.8, 4) is 0 Å². The summed E-state index contributed by atoms with van der Waals surface area (Å²) in [5.41, 5.74) is -0.155. The van der Waals surface area contributed by atoms with Gasteiger partial charge in [-0.3, -0.25) is 4.79 Å². The van der Waals surface area contributed by atoms with Crippen LogP contribution in [0.15, 0.2) is 0 Å². The van der Waals surface area contributed by atoms with E-state index in [9.17, 15) is 9.90 Å². The number of carbonyl (C=O) groups is 1. The Labute approximate surface area is 115 Å². The van der Waals surface area contributed by atoms with Crippen molar-refractivity contribution in [2.24, 2.45) is 17.3 Å². The van der Waals surface area contributed by atoms with E-state index in [4.69, 9.17) is 4.74 Å². The standard InChI is InChI=1S/C15H27NO3/c1-10-13(16-11-5-4-8-19-9-11)7-6-12(14(17)18)15(10,2)3/h10-13,16H,4-9H2,1-3H3,(H,17,18). The molecule has 2 aliphatic rings. The van der Waals surface area contributed by atoms with Crippen molar-refractivity contribution in [1.29, 1.82) is 0 Å². The fraction of sp³-hybridized carbons (Fsp3) is 0.933. The van der Waals surface area contributed by atoms with Gasteiger partial charge in [0.15, 0.2) is 0 Å². The van der Waals surface area contributed by atoms with E-state index in [1.807, 2.05) is 0 Å². The highest BCUT2D eigenvalue weighted by atomic mass is 16.5. The summed E-state index contributed by atoms with van der Waals surface area (Å²) in [7, 11) is 0. The van der Waals surface area contributed by atoms with Gasteiger partial charge in [0, 0.05) is 18.7 Å². The van der Waals surface area contributed by atoms with Crippen molar-refractivity contribution >= 4 is 5.97 Å². The number of hydrogen-bond donors (Lipinski definition) is 2. The van der Waals surface area contributed by atoms with Gasteiger partial charge < -0.3 is 15.2 Å². The van der Waals surface area contributed by atoms with E-state index in [1.54, 1.807) is 0 Å². The molecule has 4 atom stereocenters. The van der Waals surface area contributed by atoms with Crippen LogP contribution in [0, 0.1) is 17.3 Å². The molecule has 2 N–H and O–H groups in total. The third-order valence-corrected chi connectivity index (χ3v) is 5.35. The minimum Gasteiger partial charge on any atom is -0.481 e. The predicted octanol–water partition coefficient (Wildman–Crippen LogP) is 2.28. The number of carboxylic acids is 1. The van der Waals surface area contributed by atoms with Crippen molar-refractivity contribution < 1.29 is 14.6 Å². The highest BCUT2D eigenvalue weighted by molar-refractivity contribution is 5.71. The SMILES string of the molecule is CC1C(NC2CCCOC2)CCC(C(=O)O)C1(C)C. The molecule has 2 rings (SSSR count). The Kier molecular flexibility index (Phi) is 4.51. The van der Waals surface area contributed by atoms with E-state index in [-0.39, 0.29) is 11.3 Å². The second-order valence-electron chi connectivity index (χ2n) is 6.77. The fourth-order valence-electron chi connectivity index (χ4n) is 3.65. The summed E-state index contributed by atoms with van der Waals surface area (Å²) in [6.45, 7) is 8.07. The zero-order chi connectivity index (χ0) is 14.0. The average molecular weight is 269 g/mol. The molecule has 0 aromatic carbocycles. The minimum absolute atomic E-state index is 0.155. The minimum atomic E-state index is -0.642. The third-order valence-electron chi connectivity index (χ3n) is 5.35. The maximum absolute atomic E-state index is 11.4. The largest absolute Gasteiger partial charge is 0.481 e. The van der Waals surface area contributed by atoms with Gasteiger partial charge in [-0.1, -0.05) is 20.8 Å². The van der Waals surface area contributed by atoms with Gasteiger partial charge in [0.1, 0.15) is 0 Å². The Morgan fingerprint density at radius 2 is 2.05 bits per heavy atom. The smallest absolute Gasteiger partial charge is 0.307 e. The number of nitrogens with one attached hydrogen (secondary N) is 1. The first-order valence-electron chi connectivity index (χ1n) is 7.49. The van der Waals surface area contributed by atoms with Crippen LogP contribution in [-0.2, 0) is 9.53 Å². The molecular formula is C15H27NO3. The summed E-state index contributed by atoms with van der Waals surface area (Å²) in [6.07, 6.45) is 4.03. The van der Waals surface area contributed by atoms with Crippen LogP contribution in [-0.4, -0.2) is 36.4 Å². The van der Waals surface area contributed by atoms with E-state index >= 15 is 0 Å². The molecule has 0 amide bonds. The Morgan fingerprint density at radius 3 is 2.63 bits per heavy atom. The lowest BCUT2D eigenvalue weighted by Crippen LogP contribution is -2.54. The Hall–Kier alpha value is -0.610. The number of carboxylic acid groups (broad SMARTS) is 1. The van der Waals surface area contributed by atoms with E-state index < -0.39 is 5.97 Å². The molecule has 4 nitrogen and oxygen atoms in total. The zero-order valence-corrected chi connectivity index (χ0v) is 12.3. The van der Waals surface area contributed by atoms with E-state index in [2.05, 4.69) is 26.1 Å². The normalized spacial score (nSPS) is 38.9. The van der Waals surface area contributed by atoms with Crippen molar-refractivity contribution in [3.63, 3.8) is 0 Å². The maximum Gasteiger partial charge on any atom is 0.307 e. The van der Waals surface area contributed by atoms with Crippen LogP contribution in [0.3, 0.4) is 0 Å². The van der Waals surface area contributed by atoms with Gasteiger partial charge in [0.05, 0.1) is 12.5 Å². The van der Waals surface area contributed by atoms with Gasteiger partial charge in [0.2, 0.25) is 0 Å². The van der Waals surface area contributed by atoms with Gasteiger partial charge in [-0.15, -0.1) is 0 Å². The summed E-state index contributed by atoms with van der Waals surface area (Å²) in [5, 5.41) is 13.1. The summed E-state index contributed by atoms with van der Waals surface area (Å²) in [6, 6.07) is 0.857. The molecule has 0 aromatic heterocycles. The fourth-order valence-corrected chi connectivity index (χ4v) is 3.65. The van der Waals surface area contributed by atoms with Gasteiger partial charge in [-0.2, -0.15) is 0 Å². The van der Waals surface area contributed by atoms with Crippen LogP contribution in [0.1, 0.15) is 46.5 Å². The first kappa shape index (κ1) is 14.8. The van der Waals surface area contributed by atoms with Gasteiger partial charge in [0.25, 0.3) is 0 Å². The quantitative estimate of drug-likeness (QED) is 0.825. The van der Waals surface area contributed by atoms with Gasteiger partial charge >= 0.3 is 5.97 Å². The first-order valence-corrected chi connectivity index (χ1v) is 7.49. The maximum atomic E-state index is 11.4. The second kappa shape index (κ2) is 5.80. The molecule has 0 aromatic rings. The topological polar surface area (TPSA) is 58.6 Å². The first-order chi connectivity index (χ1) is 8.93. The van der Waals surface area contributed by atoms with E-state index in [0.29, 0.717) is 18.0 Å². The van der Waals surface area contributed by atoms with Crippen LogP contribution >= 0.6 is 0 Å². The molecule has 4 unspecified atom stereocenters. The Bertz CT molecular complexity index is 323. The Morgan fingerprint density at radius 1 is 1.32 bits per heavy atom. The number of aliphatic carboxylic acids is 1. The van der Waals surface area contributed by atoms with Gasteiger partial charge in [-0.05, 0) is 37.0 Å². The number of hydrogen-bond acceptors (Lipinski definition) is 3. The molecule has 4 heteroatoms.